The van der Waals surface area contributed by atoms with Crippen LogP contribution in [0.4, 0.5) is 5.69 Å². The number of anilines is 1. The molecule has 3 aromatic carbocycles. The first-order chi connectivity index (χ1) is 17.5. The van der Waals surface area contributed by atoms with Gasteiger partial charge in [0.25, 0.3) is 11.8 Å². The molecule has 3 aromatic rings. The van der Waals surface area contributed by atoms with Crippen molar-refractivity contribution in [1.82, 2.24) is 10.9 Å². The van der Waals surface area contributed by atoms with E-state index < -0.39 is 5.91 Å². The lowest BCUT2D eigenvalue weighted by Gasteiger charge is -2.19. The number of halogens is 2. The second kappa shape index (κ2) is 12.6. The average molecular weight is 542 g/mol. The highest BCUT2D eigenvalue weighted by Gasteiger charge is 2.15. The molecule has 0 saturated carbocycles. The van der Waals surface area contributed by atoms with Gasteiger partial charge in [-0.05, 0) is 72.0 Å². The fourth-order valence-electron chi connectivity index (χ4n) is 3.30. The van der Waals surface area contributed by atoms with Crippen LogP contribution in [0.1, 0.15) is 59.9 Å². The van der Waals surface area contributed by atoms with E-state index in [4.69, 9.17) is 27.9 Å². The summed E-state index contributed by atoms with van der Waals surface area (Å²) in [5.41, 5.74) is 7.31. The first kappa shape index (κ1) is 28.0. The number of ether oxygens (including phenoxy) is 1. The summed E-state index contributed by atoms with van der Waals surface area (Å²) in [6, 6.07) is 18.7. The van der Waals surface area contributed by atoms with Gasteiger partial charge in [-0.3, -0.25) is 25.2 Å². The van der Waals surface area contributed by atoms with Gasteiger partial charge >= 0.3 is 0 Å². The SMILES string of the molecule is CC(C)(C)c1ccc(C(=O)Nc2ccc(C(=O)NNC(=O)CCCOc3ccc(Cl)cc3Cl)cc2)cc1. The van der Waals surface area contributed by atoms with Crippen LogP contribution in [0.3, 0.4) is 0 Å². The van der Waals surface area contributed by atoms with Crippen LogP contribution in [0.15, 0.2) is 66.7 Å². The van der Waals surface area contributed by atoms with Crippen LogP contribution < -0.4 is 20.9 Å². The van der Waals surface area contributed by atoms with Crippen molar-refractivity contribution in [2.45, 2.75) is 39.0 Å². The predicted octanol–water partition coefficient (Wildman–Crippen LogP) is 6.16. The Morgan fingerprint density at radius 1 is 0.811 bits per heavy atom. The molecule has 194 valence electrons. The van der Waals surface area contributed by atoms with Crippen LogP contribution in [0.2, 0.25) is 10.0 Å². The third-order valence-electron chi connectivity index (χ3n) is 5.43. The molecule has 0 saturated heterocycles. The van der Waals surface area contributed by atoms with E-state index in [2.05, 4.69) is 36.9 Å². The van der Waals surface area contributed by atoms with E-state index in [9.17, 15) is 14.4 Å². The Balaban J connectivity index is 1.40. The van der Waals surface area contributed by atoms with Crippen molar-refractivity contribution >= 4 is 46.6 Å². The van der Waals surface area contributed by atoms with Crippen LogP contribution in [0, 0.1) is 0 Å². The minimum absolute atomic E-state index is 0.00604. The average Bonchev–Trinajstić information content (AvgIpc) is 2.86. The molecule has 37 heavy (non-hydrogen) atoms. The maximum Gasteiger partial charge on any atom is 0.269 e. The van der Waals surface area contributed by atoms with Gasteiger partial charge in [0.05, 0.1) is 11.6 Å². The molecule has 9 heteroatoms. The number of rotatable bonds is 8. The molecule has 3 N–H and O–H groups in total. The summed E-state index contributed by atoms with van der Waals surface area (Å²) in [4.78, 5) is 36.9. The van der Waals surface area contributed by atoms with Crippen molar-refractivity contribution in [1.29, 1.82) is 0 Å². The van der Waals surface area contributed by atoms with E-state index in [0.717, 1.165) is 5.56 Å². The Labute approximate surface area is 226 Å². The van der Waals surface area contributed by atoms with Crippen LogP contribution in [0.5, 0.6) is 5.75 Å². The van der Waals surface area contributed by atoms with Gasteiger partial charge in [0.1, 0.15) is 5.75 Å². The number of carbonyl (C=O) groups excluding carboxylic acids is 3. The summed E-state index contributed by atoms with van der Waals surface area (Å²) in [7, 11) is 0. The minimum atomic E-state index is -0.479. The number of amides is 3. The van der Waals surface area contributed by atoms with Crippen LogP contribution in [-0.2, 0) is 10.2 Å². The number of nitrogens with one attached hydrogen (secondary N) is 3. The molecule has 0 spiro atoms. The van der Waals surface area contributed by atoms with Gasteiger partial charge in [0.15, 0.2) is 0 Å². The van der Waals surface area contributed by atoms with Gasteiger partial charge in [-0.1, -0.05) is 56.1 Å². The molecule has 7 nitrogen and oxygen atoms in total. The lowest BCUT2D eigenvalue weighted by molar-refractivity contribution is -0.122. The topological polar surface area (TPSA) is 96.5 Å². The van der Waals surface area contributed by atoms with Gasteiger partial charge in [-0.2, -0.15) is 0 Å². The molecule has 0 radical (unpaired) electrons. The molecule has 0 fully saturated rings. The summed E-state index contributed by atoms with van der Waals surface area (Å²) < 4.78 is 5.53. The van der Waals surface area contributed by atoms with Gasteiger partial charge in [0.2, 0.25) is 5.91 Å². The number of carbonyl (C=O) groups is 3. The second-order valence-electron chi connectivity index (χ2n) is 9.39. The van der Waals surface area contributed by atoms with Crippen molar-refractivity contribution in [3.63, 3.8) is 0 Å². The Morgan fingerprint density at radius 2 is 1.43 bits per heavy atom. The molecule has 0 aromatic heterocycles. The maximum absolute atomic E-state index is 12.5. The van der Waals surface area contributed by atoms with E-state index in [0.29, 0.717) is 39.0 Å². The molecule has 0 aliphatic heterocycles. The molecular formula is C28H29Cl2N3O4. The van der Waals surface area contributed by atoms with Gasteiger partial charge in [0, 0.05) is 28.3 Å². The number of hydrogen-bond acceptors (Lipinski definition) is 4. The highest BCUT2D eigenvalue weighted by atomic mass is 35.5. The highest BCUT2D eigenvalue weighted by molar-refractivity contribution is 6.35. The standard InChI is InChI=1S/C28H29Cl2N3O4/c1-28(2,3)20-10-6-18(7-11-20)26(35)31-22-13-8-19(9-14-22)27(36)33-32-25(34)5-4-16-37-24-15-12-21(29)17-23(24)30/h6-15,17H,4-5,16H2,1-3H3,(H,31,35)(H,32,34)(H,33,36). The summed E-state index contributed by atoms with van der Waals surface area (Å²) >= 11 is 11.9. The minimum Gasteiger partial charge on any atom is -0.492 e. The summed E-state index contributed by atoms with van der Waals surface area (Å²) in [5.74, 6) is -0.598. The van der Waals surface area contributed by atoms with Crippen LogP contribution in [0.25, 0.3) is 0 Å². The van der Waals surface area contributed by atoms with E-state index in [1.54, 1.807) is 54.6 Å². The lowest BCUT2D eigenvalue weighted by Crippen LogP contribution is -2.41. The Kier molecular flexibility index (Phi) is 9.55. The van der Waals surface area contributed by atoms with Crippen molar-refractivity contribution < 1.29 is 19.1 Å². The molecule has 3 rings (SSSR count). The molecule has 0 aliphatic rings. The summed E-state index contributed by atoms with van der Waals surface area (Å²) in [6.07, 6.45) is 0.571. The van der Waals surface area contributed by atoms with E-state index in [1.807, 2.05) is 12.1 Å². The van der Waals surface area contributed by atoms with Crippen LogP contribution in [-0.4, -0.2) is 24.3 Å². The fraction of sp³-hybridized carbons (Fsp3) is 0.250. The van der Waals surface area contributed by atoms with Gasteiger partial charge in [-0.25, -0.2) is 0 Å². The largest absolute Gasteiger partial charge is 0.492 e. The van der Waals surface area contributed by atoms with E-state index in [-0.39, 0.29) is 30.3 Å². The Bertz CT molecular complexity index is 1250. The highest BCUT2D eigenvalue weighted by Crippen LogP contribution is 2.27. The monoisotopic (exact) mass is 541 g/mol. The summed E-state index contributed by atoms with van der Waals surface area (Å²) in [6.45, 7) is 6.61. The predicted molar refractivity (Wildman–Crippen MR) is 146 cm³/mol. The molecule has 0 bridgehead atoms. The second-order valence-corrected chi connectivity index (χ2v) is 10.2. The Hall–Kier alpha value is -3.55. The van der Waals surface area contributed by atoms with Crippen molar-refractivity contribution in [2.24, 2.45) is 0 Å². The van der Waals surface area contributed by atoms with Gasteiger partial charge < -0.3 is 10.1 Å². The molecule has 0 heterocycles. The molecule has 0 unspecified atom stereocenters. The smallest absolute Gasteiger partial charge is 0.269 e. The maximum atomic E-state index is 12.5. The molecule has 3 amide bonds. The van der Waals surface area contributed by atoms with E-state index in [1.165, 1.54) is 0 Å². The van der Waals surface area contributed by atoms with Crippen molar-refractivity contribution in [3.8, 4) is 5.75 Å². The van der Waals surface area contributed by atoms with Crippen LogP contribution >= 0.6 is 23.2 Å². The zero-order valence-corrected chi connectivity index (χ0v) is 22.4. The molecule has 0 atom stereocenters. The zero-order chi connectivity index (χ0) is 27.0. The van der Waals surface area contributed by atoms with Crippen molar-refractivity contribution in [2.75, 3.05) is 11.9 Å². The first-order valence-electron chi connectivity index (χ1n) is 11.7. The third kappa shape index (κ3) is 8.51. The lowest BCUT2D eigenvalue weighted by atomic mass is 9.87. The number of benzene rings is 3. The quantitative estimate of drug-likeness (QED) is 0.235. The third-order valence-corrected chi connectivity index (χ3v) is 5.96. The molecule has 0 aliphatic carbocycles. The number of hydrazine groups is 1. The Morgan fingerprint density at radius 3 is 2.05 bits per heavy atom. The normalized spacial score (nSPS) is 10.9. The zero-order valence-electron chi connectivity index (χ0n) is 20.9. The number of hydrogen-bond donors (Lipinski definition) is 3. The molecular weight excluding hydrogens is 513 g/mol. The fourth-order valence-corrected chi connectivity index (χ4v) is 3.76. The van der Waals surface area contributed by atoms with Gasteiger partial charge in [-0.15, -0.1) is 0 Å². The van der Waals surface area contributed by atoms with Crippen molar-refractivity contribution in [3.05, 3.63) is 93.5 Å². The summed E-state index contributed by atoms with van der Waals surface area (Å²) in [5, 5.41) is 3.71. The first-order valence-corrected chi connectivity index (χ1v) is 12.5. The van der Waals surface area contributed by atoms with E-state index >= 15 is 0 Å².